The van der Waals surface area contributed by atoms with E-state index in [-0.39, 0.29) is 0 Å². The molecule has 2 heterocycles. The summed E-state index contributed by atoms with van der Waals surface area (Å²) < 4.78 is 0. The maximum Gasteiger partial charge on any atom is 0.0659 e. The summed E-state index contributed by atoms with van der Waals surface area (Å²) in [5.41, 5.74) is 3.89. The first kappa shape index (κ1) is 12.1. The van der Waals surface area contributed by atoms with E-state index < -0.39 is 0 Å². The molecule has 1 aromatic carbocycles. The van der Waals surface area contributed by atoms with Gasteiger partial charge in [-0.15, -0.1) is 0 Å². The highest BCUT2D eigenvalue weighted by Gasteiger charge is 2.13. The fraction of sp³-hybridized carbons (Fsp3) is 0.235. The van der Waals surface area contributed by atoms with Crippen molar-refractivity contribution in [3.05, 3.63) is 72.1 Å². The van der Waals surface area contributed by atoms with Crippen LogP contribution >= 0.6 is 0 Å². The molecule has 2 heteroatoms. The lowest BCUT2D eigenvalue weighted by Gasteiger charge is -2.26. The summed E-state index contributed by atoms with van der Waals surface area (Å²) in [4.78, 5) is 6.90. The van der Waals surface area contributed by atoms with Gasteiger partial charge in [-0.1, -0.05) is 42.5 Å². The summed E-state index contributed by atoms with van der Waals surface area (Å²) in [6.07, 6.45) is 5.27. The lowest BCUT2D eigenvalue weighted by atomic mass is 10.0. The number of nitrogens with zero attached hydrogens (tertiary/aromatic N) is 2. The van der Waals surface area contributed by atoms with Crippen molar-refractivity contribution in [3.8, 4) is 0 Å². The Morgan fingerprint density at radius 1 is 1.00 bits per heavy atom. The second kappa shape index (κ2) is 5.81. The van der Waals surface area contributed by atoms with Crippen LogP contribution in [-0.4, -0.2) is 23.0 Å². The highest BCUT2D eigenvalue weighted by molar-refractivity contribution is 5.63. The van der Waals surface area contributed by atoms with Crippen LogP contribution in [0.25, 0.3) is 5.57 Å². The second-order valence-electron chi connectivity index (χ2n) is 4.92. The van der Waals surface area contributed by atoms with Gasteiger partial charge >= 0.3 is 0 Å². The molecule has 0 N–H and O–H groups in total. The number of rotatable bonds is 3. The Labute approximate surface area is 114 Å². The third-order valence-electron chi connectivity index (χ3n) is 3.54. The number of benzene rings is 1. The minimum Gasteiger partial charge on any atom is -0.295 e. The SMILES string of the molecule is C1=C(c2ccccn2)CCN(Cc2ccccc2)C1. The minimum absolute atomic E-state index is 1.01. The third-order valence-corrected chi connectivity index (χ3v) is 3.54. The van der Waals surface area contributed by atoms with Crippen molar-refractivity contribution in [3.63, 3.8) is 0 Å². The molecule has 0 bridgehead atoms. The molecule has 19 heavy (non-hydrogen) atoms. The molecule has 1 aliphatic heterocycles. The van der Waals surface area contributed by atoms with Crippen LogP contribution in [0.5, 0.6) is 0 Å². The number of hydrogen-bond acceptors (Lipinski definition) is 2. The van der Waals surface area contributed by atoms with Gasteiger partial charge in [0.25, 0.3) is 0 Å². The lowest BCUT2D eigenvalue weighted by molar-refractivity contribution is 0.294. The molecule has 3 rings (SSSR count). The van der Waals surface area contributed by atoms with Crippen molar-refractivity contribution in [2.75, 3.05) is 13.1 Å². The standard InChI is InChI=1S/C17H18N2/c1-2-6-15(7-3-1)14-19-12-9-16(10-13-19)17-8-4-5-11-18-17/h1-9,11H,10,12-14H2. The molecule has 0 atom stereocenters. The van der Waals surface area contributed by atoms with Gasteiger partial charge in [-0.05, 0) is 29.7 Å². The molecule has 96 valence electrons. The van der Waals surface area contributed by atoms with Gasteiger partial charge in [-0.3, -0.25) is 9.88 Å². The first-order valence-corrected chi connectivity index (χ1v) is 6.78. The van der Waals surface area contributed by atoms with E-state index in [1.54, 1.807) is 0 Å². The summed E-state index contributed by atoms with van der Waals surface area (Å²) in [7, 11) is 0. The molecule has 2 aromatic rings. The molecular weight excluding hydrogens is 232 g/mol. The minimum atomic E-state index is 1.01. The summed E-state index contributed by atoms with van der Waals surface area (Å²) in [5, 5.41) is 0. The first-order chi connectivity index (χ1) is 9.42. The average molecular weight is 250 g/mol. The average Bonchev–Trinajstić information content (AvgIpc) is 2.50. The predicted octanol–water partition coefficient (Wildman–Crippen LogP) is 3.37. The van der Waals surface area contributed by atoms with Crippen molar-refractivity contribution in [2.24, 2.45) is 0 Å². The fourth-order valence-corrected chi connectivity index (χ4v) is 2.48. The fourth-order valence-electron chi connectivity index (χ4n) is 2.48. The van der Waals surface area contributed by atoms with Crippen LogP contribution in [0, 0.1) is 0 Å². The van der Waals surface area contributed by atoms with Gasteiger partial charge in [0.15, 0.2) is 0 Å². The number of pyridine rings is 1. The van der Waals surface area contributed by atoms with E-state index in [0.717, 1.165) is 31.7 Å². The molecule has 1 aromatic heterocycles. The van der Waals surface area contributed by atoms with E-state index in [2.05, 4.69) is 58.4 Å². The first-order valence-electron chi connectivity index (χ1n) is 6.78. The van der Waals surface area contributed by atoms with E-state index in [4.69, 9.17) is 0 Å². The molecule has 0 aliphatic carbocycles. The Morgan fingerprint density at radius 2 is 1.84 bits per heavy atom. The van der Waals surface area contributed by atoms with E-state index in [1.165, 1.54) is 11.1 Å². The molecule has 0 unspecified atom stereocenters. The van der Waals surface area contributed by atoms with Gasteiger partial charge in [-0.25, -0.2) is 0 Å². The molecule has 0 fully saturated rings. The van der Waals surface area contributed by atoms with Crippen LogP contribution < -0.4 is 0 Å². The maximum absolute atomic E-state index is 4.42. The highest BCUT2D eigenvalue weighted by atomic mass is 15.1. The topological polar surface area (TPSA) is 16.1 Å². The Hall–Kier alpha value is -1.93. The molecule has 0 radical (unpaired) electrons. The Kier molecular flexibility index (Phi) is 3.70. The van der Waals surface area contributed by atoms with Crippen molar-refractivity contribution in [1.82, 2.24) is 9.88 Å². The van der Waals surface area contributed by atoms with Crippen molar-refractivity contribution in [1.29, 1.82) is 0 Å². The summed E-state index contributed by atoms with van der Waals surface area (Å²) in [6.45, 7) is 3.16. The van der Waals surface area contributed by atoms with Crippen LogP contribution in [0.15, 0.2) is 60.8 Å². The zero-order chi connectivity index (χ0) is 12.9. The van der Waals surface area contributed by atoms with Gasteiger partial charge in [0.2, 0.25) is 0 Å². The summed E-state index contributed by atoms with van der Waals surface area (Å²) >= 11 is 0. The van der Waals surface area contributed by atoms with Crippen molar-refractivity contribution < 1.29 is 0 Å². The monoisotopic (exact) mass is 250 g/mol. The van der Waals surface area contributed by atoms with E-state index in [9.17, 15) is 0 Å². The molecular formula is C17H18N2. The quantitative estimate of drug-likeness (QED) is 0.830. The van der Waals surface area contributed by atoms with Crippen molar-refractivity contribution >= 4 is 5.57 Å². The van der Waals surface area contributed by atoms with Crippen LogP contribution in [0.4, 0.5) is 0 Å². The normalized spacial score (nSPS) is 16.1. The third kappa shape index (κ3) is 3.09. The molecule has 0 saturated carbocycles. The van der Waals surface area contributed by atoms with Gasteiger partial charge in [0, 0.05) is 25.8 Å². The number of hydrogen-bond donors (Lipinski definition) is 0. The van der Waals surface area contributed by atoms with Crippen LogP contribution in [0.1, 0.15) is 17.7 Å². The van der Waals surface area contributed by atoms with Gasteiger partial charge in [0.05, 0.1) is 5.69 Å². The van der Waals surface area contributed by atoms with Gasteiger partial charge < -0.3 is 0 Å². The van der Waals surface area contributed by atoms with E-state index in [0.29, 0.717) is 0 Å². The van der Waals surface area contributed by atoms with Crippen LogP contribution in [0.2, 0.25) is 0 Å². The van der Waals surface area contributed by atoms with E-state index in [1.807, 2.05) is 12.3 Å². The van der Waals surface area contributed by atoms with Crippen LogP contribution in [0.3, 0.4) is 0 Å². The largest absolute Gasteiger partial charge is 0.295 e. The zero-order valence-corrected chi connectivity index (χ0v) is 11.0. The van der Waals surface area contributed by atoms with E-state index >= 15 is 0 Å². The predicted molar refractivity (Wildman–Crippen MR) is 78.6 cm³/mol. The summed E-state index contributed by atoms with van der Waals surface area (Å²) in [6, 6.07) is 16.8. The highest BCUT2D eigenvalue weighted by Crippen LogP contribution is 2.21. The Balaban J connectivity index is 1.64. The lowest BCUT2D eigenvalue weighted by Crippen LogP contribution is -2.28. The molecule has 0 saturated heterocycles. The second-order valence-corrected chi connectivity index (χ2v) is 4.92. The molecule has 1 aliphatic rings. The molecule has 2 nitrogen and oxygen atoms in total. The van der Waals surface area contributed by atoms with Crippen LogP contribution in [-0.2, 0) is 6.54 Å². The Morgan fingerprint density at radius 3 is 2.53 bits per heavy atom. The van der Waals surface area contributed by atoms with Gasteiger partial charge in [0.1, 0.15) is 0 Å². The van der Waals surface area contributed by atoms with Gasteiger partial charge in [-0.2, -0.15) is 0 Å². The molecule has 0 amide bonds. The smallest absolute Gasteiger partial charge is 0.0659 e. The number of aromatic nitrogens is 1. The molecule has 0 spiro atoms. The van der Waals surface area contributed by atoms with Crippen molar-refractivity contribution in [2.45, 2.75) is 13.0 Å². The zero-order valence-electron chi connectivity index (χ0n) is 11.0. The maximum atomic E-state index is 4.42. The summed E-state index contributed by atoms with van der Waals surface area (Å²) in [5.74, 6) is 0. The Bertz CT molecular complexity index is 546.